The van der Waals surface area contributed by atoms with E-state index in [1.165, 1.54) is 6.07 Å². The quantitative estimate of drug-likeness (QED) is 0.668. The molecule has 0 fully saturated rings. The van der Waals surface area contributed by atoms with Crippen molar-refractivity contribution < 1.29 is 13.2 Å². The maximum absolute atomic E-state index is 11.7. The van der Waals surface area contributed by atoms with Gasteiger partial charge in [0.1, 0.15) is 0 Å². The molecule has 1 aliphatic rings. The minimum absolute atomic E-state index is 0.129. The van der Waals surface area contributed by atoms with Gasteiger partial charge in [-0.05, 0) is 12.1 Å². The number of fused-ring (bicyclic) bond motifs is 1. The summed E-state index contributed by atoms with van der Waals surface area (Å²) in [5.41, 5.74) is 5.40. The van der Waals surface area contributed by atoms with Gasteiger partial charge in [-0.25, -0.2) is 8.42 Å². The molecule has 0 spiro atoms. The van der Waals surface area contributed by atoms with Crippen molar-refractivity contribution in [1.29, 1.82) is 0 Å². The number of hydrogen-bond acceptors (Lipinski definition) is 4. The number of hydrogen-bond donors (Lipinski definition) is 2. The molecule has 6 heteroatoms. The van der Waals surface area contributed by atoms with Crippen LogP contribution < -0.4 is 11.1 Å². The minimum Gasteiger partial charge on any atom is -0.367 e. The van der Waals surface area contributed by atoms with Crippen molar-refractivity contribution in [3.8, 4) is 0 Å². The summed E-state index contributed by atoms with van der Waals surface area (Å²) in [5, 5.41) is 1.23. The van der Waals surface area contributed by atoms with Gasteiger partial charge < -0.3 is 11.1 Å². The molecule has 3 N–H and O–H groups in total. The van der Waals surface area contributed by atoms with E-state index in [1.807, 2.05) is 0 Å². The van der Waals surface area contributed by atoms with Crippen molar-refractivity contribution in [3.63, 3.8) is 0 Å². The number of rotatable bonds is 1. The number of nitrogens with two attached hydrogens (primary N) is 1. The lowest BCUT2D eigenvalue weighted by Gasteiger charge is -2.04. The van der Waals surface area contributed by atoms with Gasteiger partial charge in [-0.1, -0.05) is 12.1 Å². The lowest BCUT2D eigenvalue weighted by molar-refractivity contribution is -0.117. The summed E-state index contributed by atoms with van der Waals surface area (Å²) < 4.78 is 23.3. The average Bonchev–Trinajstić information content (AvgIpc) is 2.39. The Balaban J connectivity index is 2.62. The summed E-state index contributed by atoms with van der Waals surface area (Å²) in [6, 6.07) is 6.32. The van der Waals surface area contributed by atoms with Crippen LogP contribution in [0.3, 0.4) is 0 Å². The van der Waals surface area contributed by atoms with Gasteiger partial charge in [-0.15, -0.1) is 0 Å². The number of carbonyl (C=O) groups excluding carboxylic acids is 1. The van der Waals surface area contributed by atoms with Crippen LogP contribution in [0.25, 0.3) is 0 Å². The van der Waals surface area contributed by atoms with Crippen LogP contribution in [0.4, 0.5) is 5.69 Å². The van der Waals surface area contributed by atoms with E-state index in [1.54, 1.807) is 18.2 Å². The number of anilines is 1. The third-order valence-corrected chi connectivity index (χ3v) is 3.99. The van der Waals surface area contributed by atoms with Gasteiger partial charge in [-0.3, -0.25) is 4.79 Å². The van der Waals surface area contributed by atoms with Crippen molar-refractivity contribution in [2.24, 2.45) is 5.73 Å². The highest BCUT2D eigenvalue weighted by atomic mass is 32.2. The zero-order valence-electron chi connectivity index (χ0n) is 7.10. The van der Waals surface area contributed by atoms with Gasteiger partial charge in [0.05, 0.1) is 10.6 Å². The second-order valence-corrected chi connectivity index (χ2v) is 4.97. The highest BCUT2D eigenvalue weighted by Crippen LogP contribution is 2.32. The standard InChI is InChI=1S/C8H8N2O3S/c9-7(11)8-10-5-3-1-2-4-6(5)14(8,12)13/h1-4,8,10H,(H2,9,11). The van der Waals surface area contributed by atoms with Crippen molar-refractivity contribution >= 4 is 21.4 Å². The van der Waals surface area contributed by atoms with Gasteiger partial charge in [0.25, 0.3) is 5.91 Å². The number of para-hydroxylation sites is 1. The summed E-state index contributed by atoms with van der Waals surface area (Å²) in [7, 11) is -3.63. The van der Waals surface area contributed by atoms with Crippen molar-refractivity contribution in [2.75, 3.05) is 5.32 Å². The van der Waals surface area contributed by atoms with Crippen molar-refractivity contribution in [1.82, 2.24) is 0 Å². The van der Waals surface area contributed by atoms with Crippen LogP contribution in [-0.2, 0) is 14.6 Å². The second kappa shape index (κ2) is 2.71. The number of amides is 1. The molecule has 1 atom stereocenters. The van der Waals surface area contributed by atoms with E-state index in [2.05, 4.69) is 5.32 Å². The first-order valence-corrected chi connectivity index (χ1v) is 5.47. The maximum Gasteiger partial charge on any atom is 0.256 e. The molecule has 0 aromatic heterocycles. The summed E-state index contributed by atoms with van der Waals surface area (Å²) >= 11 is 0. The molecule has 1 amide bonds. The van der Waals surface area contributed by atoms with Gasteiger partial charge in [0, 0.05) is 0 Å². The molecule has 2 rings (SSSR count). The largest absolute Gasteiger partial charge is 0.367 e. The van der Waals surface area contributed by atoms with Crippen LogP contribution in [0, 0.1) is 0 Å². The third-order valence-electron chi connectivity index (χ3n) is 2.05. The molecular formula is C8H8N2O3S. The molecule has 0 saturated carbocycles. The lowest BCUT2D eigenvalue weighted by atomic mass is 10.3. The number of benzene rings is 1. The first-order chi connectivity index (χ1) is 6.53. The van der Waals surface area contributed by atoms with E-state index >= 15 is 0 Å². The van der Waals surface area contributed by atoms with Gasteiger partial charge >= 0.3 is 0 Å². The summed E-state index contributed by atoms with van der Waals surface area (Å²) in [4.78, 5) is 11.0. The van der Waals surface area contributed by atoms with Crippen molar-refractivity contribution in [3.05, 3.63) is 24.3 Å². The first kappa shape index (κ1) is 9.01. The fourth-order valence-electron chi connectivity index (χ4n) is 1.40. The normalized spacial score (nSPS) is 22.4. The average molecular weight is 212 g/mol. The molecule has 14 heavy (non-hydrogen) atoms. The number of carbonyl (C=O) groups is 1. The minimum atomic E-state index is -3.63. The number of primary amides is 1. The summed E-state index contributed by atoms with van der Waals surface area (Å²) in [6.45, 7) is 0. The van der Waals surface area contributed by atoms with Crippen LogP contribution in [-0.4, -0.2) is 19.7 Å². The molecule has 0 bridgehead atoms. The fraction of sp³-hybridized carbons (Fsp3) is 0.125. The zero-order valence-corrected chi connectivity index (χ0v) is 7.91. The lowest BCUT2D eigenvalue weighted by Crippen LogP contribution is -2.37. The predicted octanol–water partition coefficient (Wildman–Crippen LogP) is -0.303. The van der Waals surface area contributed by atoms with Crippen LogP contribution >= 0.6 is 0 Å². The molecule has 0 saturated heterocycles. The Hall–Kier alpha value is -1.56. The topological polar surface area (TPSA) is 89.3 Å². The molecule has 0 radical (unpaired) electrons. The van der Waals surface area contributed by atoms with Crippen LogP contribution in [0.5, 0.6) is 0 Å². The molecule has 1 aromatic carbocycles. The number of nitrogens with one attached hydrogen (secondary N) is 1. The highest BCUT2D eigenvalue weighted by Gasteiger charge is 2.40. The Morgan fingerprint density at radius 2 is 2.00 bits per heavy atom. The molecule has 5 nitrogen and oxygen atoms in total. The SMILES string of the molecule is NC(=O)C1Nc2ccccc2S1(=O)=O. The Kier molecular flexibility index (Phi) is 1.75. The summed E-state index contributed by atoms with van der Waals surface area (Å²) in [6.07, 6.45) is 0. The monoisotopic (exact) mass is 212 g/mol. The smallest absolute Gasteiger partial charge is 0.256 e. The second-order valence-electron chi connectivity index (χ2n) is 2.97. The van der Waals surface area contributed by atoms with Gasteiger partial charge in [0.15, 0.2) is 0 Å². The predicted molar refractivity (Wildman–Crippen MR) is 50.2 cm³/mol. The highest BCUT2D eigenvalue weighted by molar-refractivity contribution is 7.93. The maximum atomic E-state index is 11.7. The van der Waals surface area contributed by atoms with E-state index in [9.17, 15) is 13.2 Å². The first-order valence-electron chi connectivity index (χ1n) is 3.92. The van der Waals surface area contributed by atoms with E-state index in [4.69, 9.17) is 5.73 Å². The van der Waals surface area contributed by atoms with E-state index in [-0.39, 0.29) is 4.90 Å². The molecule has 1 aliphatic heterocycles. The Labute approximate surface area is 80.8 Å². The molecule has 1 heterocycles. The van der Waals surface area contributed by atoms with Crippen molar-refractivity contribution in [2.45, 2.75) is 10.3 Å². The molecule has 1 unspecified atom stereocenters. The van der Waals surface area contributed by atoms with Crippen LogP contribution in [0.1, 0.15) is 0 Å². The molecule has 1 aromatic rings. The Morgan fingerprint density at radius 1 is 1.36 bits per heavy atom. The fourth-order valence-corrected chi connectivity index (χ4v) is 2.95. The van der Waals surface area contributed by atoms with Gasteiger partial charge in [-0.2, -0.15) is 0 Å². The van der Waals surface area contributed by atoms with Crippen LogP contribution in [0.2, 0.25) is 0 Å². The molecule has 0 aliphatic carbocycles. The third kappa shape index (κ3) is 1.07. The zero-order chi connectivity index (χ0) is 10.3. The Morgan fingerprint density at radius 3 is 2.57 bits per heavy atom. The number of sulfone groups is 1. The van der Waals surface area contributed by atoms with E-state index in [0.717, 1.165) is 0 Å². The summed E-state index contributed by atoms with van der Waals surface area (Å²) in [5.74, 6) is -0.888. The van der Waals surface area contributed by atoms with Gasteiger partial charge in [0.2, 0.25) is 15.2 Å². The van der Waals surface area contributed by atoms with E-state index in [0.29, 0.717) is 5.69 Å². The molecule has 74 valence electrons. The Bertz CT molecular complexity index is 495. The molecular weight excluding hydrogens is 204 g/mol. The van der Waals surface area contributed by atoms with Crippen LogP contribution in [0.15, 0.2) is 29.2 Å². The van der Waals surface area contributed by atoms with E-state index < -0.39 is 21.1 Å².